The van der Waals surface area contributed by atoms with Gasteiger partial charge in [-0.2, -0.15) is 0 Å². The van der Waals surface area contributed by atoms with Crippen molar-refractivity contribution in [3.63, 3.8) is 0 Å². The maximum Gasteiger partial charge on any atom is 0.141 e. The second kappa shape index (κ2) is 16.9. The normalized spacial score (nSPS) is 16.9. The SMILES string of the molecule is CCCCOc1ccc(P(=O)(C2C(Cc3c(C)cc(C)cc3C)=Cc3ccccc32)C2C(Cc3c(C)cc(C)cc3C)=Cc3ccccc32)c(OCCCC)c1. The van der Waals surface area contributed by atoms with E-state index in [4.69, 9.17) is 9.47 Å². The third-order valence-corrected chi connectivity index (χ3v) is 15.9. The van der Waals surface area contributed by atoms with Crippen LogP contribution in [0.1, 0.15) is 118 Å². The number of hydrogen-bond acceptors (Lipinski definition) is 3. The van der Waals surface area contributed by atoms with Gasteiger partial charge in [0, 0.05) is 6.07 Å². The fraction of sp³-hybridized carbons (Fsp3) is 0.346. The van der Waals surface area contributed by atoms with Gasteiger partial charge in [0.2, 0.25) is 0 Å². The molecule has 290 valence electrons. The molecule has 2 aliphatic rings. The number of unbranched alkanes of at least 4 members (excludes halogenated alkanes) is 2. The molecule has 0 aromatic heterocycles. The Labute approximate surface area is 336 Å². The van der Waals surface area contributed by atoms with Gasteiger partial charge in [-0.25, -0.2) is 0 Å². The van der Waals surface area contributed by atoms with Crippen molar-refractivity contribution in [2.24, 2.45) is 0 Å². The van der Waals surface area contributed by atoms with Gasteiger partial charge in [0.05, 0.1) is 29.8 Å². The summed E-state index contributed by atoms with van der Waals surface area (Å²) in [5.74, 6) is 1.45. The van der Waals surface area contributed by atoms with Crippen molar-refractivity contribution in [2.45, 2.75) is 105 Å². The number of allylic oxidation sites excluding steroid dienone is 2. The fourth-order valence-corrected chi connectivity index (χ4v) is 13.7. The molecule has 2 atom stereocenters. The summed E-state index contributed by atoms with van der Waals surface area (Å²) < 4.78 is 30.9. The number of benzene rings is 5. The number of hydrogen-bond donors (Lipinski definition) is 0. The molecule has 5 aromatic rings. The number of ether oxygens (including phenoxy) is 2. The quantitative estimate of drug-likeness (QED) is 0.0787. The van der Waals surface area contributed by atoms with E-state index in [1.54, 1.807) is 0 Å². The lowest BCUT2D eigenvalue weighted by Gasteiger charge is -2.37. The summed E-state index contributed by atoms with van der Waals surface area (Å²) in [5, 5.41) is 0.811. The second-order valence-corrected chi connectivity index (χ2v) is 19.3. The molecule has 0 amide bonds. The van der Waals surface area contributed by atoms with Crippen molar-refractivity contribution in [1.82, 2.24) is 0 Å². The molecule has 0 saturated carbocycles. The lowest BCUT2D eigenvalue weighted by Crippen LogP contribution is -2.22. The molecule has 0 heterocycles. The van der Waals surface area contributed by atoms with E-state index in [-0.39, 0.29) is 11.3 Å². The van der Waals surface area contributed by atoms with Gasteiger partial charge < -0.3 is 14.0 Å². The summed E-state index contributed by atoms with van der Waals surface area (Å²) in [7, 11) is -3.55. The Hall–Kier alpha value is -4.59. The molecule has 2 unspecified atom stereocenters. The van der Waals surface area contributed by atoms with Crippen LogP contribution in [0.2, 0.25) is 0 Å². The Kier molecular flexibility index (Phi) is 11.9. The molecule has 0 radical (unpaired) electrons. The van der Waals surface area contributed by atoms with Gasteiger partial charge in [0.25, 0.3) is 0 Å². The van der Waals surface area contributed by atoms with Crippen LogP contribution >= 0.6 is 7.14 Å². The molecular formula is C52H59O3P. The van der Waals surface area contributed by atoms with Crippen LogP contribution < -0.4 is 14.8 Å². The van der Waals surface area contributed by atoms with Crippen molar-refractivity contribution in [1.29, 1.82) is 0 Å². The molecule has 0 bridgehead atoms. The molecule has 7 rings (SSSR count). The van der Waals surface area contributed by atoms with Crippen LogP contribution in [0.15, 0.2) is 102 Å². The Balaban J connectivity index is 1.49. The molecule has 3 nitrogen and oxygen atoms in total. The molecule has 2 aliphatic carbocycles. The molecule has 56 heavy (non-hydrogen) atoms. The maximum absolute atomic E-state index is 17.8. The van der Waals surface area contributed by atoms with Crippen LogP contribution in [0, 0.1) is 41.5 Å². The topological polar surface area (TPSA) is 35.5 Å². The smallest absolute Gasteiger partial charge is 0.141 e. The van der Waals surface area contributed by atoms with Crippen LogP contribution in [0.4, 0.5) is 0 Å². The van der Waals surface area contributed by atoms with E-state index in [9.17, 15) is 0 Å². The van der Waals surface area contributed by atoms with Gasteiger partial charge in [-0.05, 0) is 135 Å². The number of rotatable bonds is 15. The van der Waals surface area contributed by atoms with Crippen LogP contribution in [0.25, 0.3) is 12.2 Å². The zero-order chi connectivity index (χ0) is 39.6. The lowest BCUT2D eigenvalue weighted by atomic mass is 9.93. The van der Waals surface area contributed by atoms with Crippen molar-refractivity contribution in [3.8, 4) is 11.5 Å². The Bertz CT molecular complexity index is 2190. The summed E-state index contributed by atoms with van der Waals surface area (Å²) in [4.78, 5) is 0. The zero-order valence-electron chi connectivity index (χ0n) is 34.8. The summed E-state index contributed by atoms with van der Waals surface area (Å²) >= 11 is 0. The highest BCUT2D eigenvalue weighted by atomic mass is 31.2. The molecule has 0 fully saturated rings. The van der Waals surface area contributed by atoms with Gasteiger partial charge >= 0.3 is 0 Å². The minimum atomic E-state index is -3.55. The van der Waals surface area contributed by atoms with Gasteiger partial charge in [0.1, 0.15) is 18.6 Å². The molecule has 0 N–H and O–H groups in total. The zero-order valence-corrected chi connectivity index (χ0v) is 35.7. The summed E-state index contributed by atoms with van der Waals surface area (Å²) in [6.07, 6.45) is 10.1. The van der Waals surface area contributed by atoms with E-state index < -0.39 is 7.14 Å². The predicted molar refractivity (Wildman–Crippen MR) is 238 cm³/mol. The predicted octanol–water partition coefficient (Wildman–Crippen LogP) is 13.6. The van der Waals surface area contributed by atoms with E-state index in [0.717, 1.165) is 71.8 Å². The highest BCUT2D eigenvalue weighted by Crippen LogP contribution is 2.76. The lowest BCUT2D eigenvalue weighted by molar-refractivity contribution is 0.295. The van der Waals surface area contributed by atoms with E-state index in [1.165, 1.54) is 55.7 Å². The van der Waals surface area contributed by atoms with E-state index >= 15 is 4.57 Å². The van der Waals surface area contributed by atoms with Gasteiger partial charge in [-0.15, -0.1) is 0 Å². The van der Waals surface area contributed by atoms with Crippen LogP contribution in [-0.4, -0.2) is 13.2 Å². The van der Waals surface area contributed by atoms with Crippen molar-refractivity contribution < 1.29 is 14.0 Å². The first-order valence-electron chi connectivity index (χ1n) is 20.7. The van der Waals surface area contributed by atoms with Gasteiger partial charge in [-0.1, -0.05) is 134 Å². The second-order valence-electron chi connectivity index (χ2n) is 16.4. The molecule has 0 saturated heterocycles. The average molecular weight is 763 g/mol. The Morgan fingerprint density at radius 3 is 1.46 bits per heavy atom. The molecule has 5 aromatic carbocycles. The number of aryl methyl sites for hydroxylation is 6. The van der Waals surface area contributed by atoms with E-state index in [2.05, 4.69) is 146 Å². The molecule has 0 aliphatic heterocycles. The first-order chi connectivity index (χ1) is 27.0. The Morgan fingerprint density at radius 2 is 1.00 bits per heavy atom. The maximum atomic E-state index is 17.8. The van der Waals surface area contributed by atoms with Gasteiger partial charge in [-0.3, -0.25) is 0 Å². The van der Waals surface area contributed by atoms with Gasteiger partial charge in [0.15, 0.2) is 0 Å². The first-order valence-corrected chi connectivity index (χ1v) is 22.6. The van der Waals surface area contributed by atoms with E-state index in [0.29, 0.717) is 19.0 Å². The highest BCUT2D eigenvalue weighted by Gasteiger charge is 2.52. The first kappa shape index (κ1) is 39.6. The fourth-order valence-electron chi connectivity index (χ4n) is 9.40. The average Bonchev–Trinajstić information content (AvgIpc) is 3.73. The Morgan fingerprint density at radius 1 is 0.554 bits per heavy atom. The molecule has 4 heteroatoms. The number of fused-ring (bicyclic) bond motifs is 2. The largest absolute Gasteiger partial charge is 0.493 e. The summed E-state index contributed by atoms with van der Waals surface area (Å²) in [6.45, 7) is 18.8. The van der Waals surface area contributed by atoms with E-state index in [1.807, 2.05) is 12.1 Å². The monoisotopic (exact) mass is 762 g/mol. The standard InChI is InChI=1S/C52H59O3P/c1-9-11-23-54-44-21-22-50(49(33-44)55-24-12-10-2)56(53,51-42(29-40-17-13-15-19-45(40)51)31-47-36(5)25-34(3)26-37(47)6)52-43(30-41-18-14-16-20-46(41)52)32-48-38(7)27-35(4)28-39(48)8/h13-22,25-30,33,51-52H,9-12,23-24,31-32H2,1-8H3. The van der Waals surface area contributed by atoms with Crippen LogP contribution in [0.3, 0.4) is 0 Å². The third kappa shape index (κ3) is 7.73. The minimum absolute atomic E-state index is 0.348. The van der Waals surface area contributed by atoms with Crippen molar-refractivity contribution in [3.05, 3.63) is 169 Å². The van der Waals surface area contributed by atoms with Crippen LogP contribution in [-0.2, 0) is 17.4 Å². The molecular weight excluding hydrogens is 704 g/mol. The minimum Gasteiger partial charge on any atom is -0.493 e. The van der Waals surface area contributed by atoms with Crippen molar-refractivity contribution in [2.75, 3.05) is 13.2 Å². The van der Waals surface area contributed by atoms with Crippen molar-refractivity contribution >= 4 is 24.6 Å². The summed E-state index contributed by atoms with van der Waals surface area (Å²) in [6, 6.07) is 32.7. The summed E-state index contributed by atoms with van der Waals surface area (Å²) in [5.41, 5.74) is 16.6. The van der Waals surface area contributed by atoms with Crippen LogP contribution in [0.5, 0.6) is 11.5 Å². The highest BCUT2D eigenvalue weighted by molar-refractivity contribution is 7.73. The molecule has 0 spiro atoms. The third-order valence-electron chi connectivity index (χ3n) is 12.0.